The van der Waals surface area contributed by atoms with E-state index in [0.717, 1.165) is 9.98 Å². The van der Waals surface area contributed by atoms with Crippen LogP contribution < -0.4 is 28.0 Å². The Kier molecular flexibility index (Phi) is 13.3. The van der Waals surface area contributed by atoms with Crippen molar-refractivity contribution < 1.29 is 35.8 Å². The third-order valence-electron chi connectivity index (χ3n) is 12.4. The van der Waals surface area contributed by atoms with Crippen LogP contribution in [0.1, 0.15) is 86.4 Å². The third-order valence-corrected chi connectivity index (χ3v) is 22.4. The van der Waals surface area contributed by atoms with Crippen molar-refractivity contribution in [2.75, 3.05) is 19.7 Å². The van der Waals surface area contributed by atoms with E-state index in [2.05, 4.69) is 39.2 Å². The largest absolute Gasteiger partial charge is 0.414 e. The number of carbonyl (C=O) groups excluding carboxylic acids is 2. The van der Waals surface area contributed by atoms with Crippen molar-refractivity contribution in [2.45, 2.75) is 161 Å². The van der Waals surface area contributed by atoms with Gasteiger partial charge in [-0.1, -0.05) is 55.4 Å². The van der Waals surface area contributed by atoms with Gasteiger partial charge in [-0.05, 0) is 68.4 Å². The number of aromatic nitrogens is 2. The molecule has 0 saturated carbocycles. The zero-order chi connectivity index (χ0) is 42.6. The van der Waals surface area contributed by atoms with Gasteiger partial charge in [0.2, 0.25) is 11.8 Å². The fourth-order valence-electron chi connectivity index (χ4n) is 6.70. The maximum Gasteiger partial charge on any atom is 0.333 e. The highest BCUT2D eigenvalue weighted by Gasteiger charge is 2.67. The van der Waals surface area contributed by atoms with Crippen molar-refractivity contribution in [2.24, 2.45) is 17.4 Å². The van der Waals surface area contributed by atoms with Gasteiger partial charge in [0.15, 0.2) is 28.5 Å². The number of rotatable bonds is 13. The molecule has 1 aromatic rings. The molecule has 56 heavy (non-hydrogen) atoms. The van der Waals surface area contributed by atoms with Crippen molar-refractivity contribution in [1.29, 1.82) is 0 Å². The highest BCUT2D eigenvalue weighted by atomic mass is 32.2. The molecule has 0 aliphatic carbocycles. The predicted molar refractivity (Wildman–Crippen MR) is 219 cm³/mol. The van der Waals surface area contributed by atoms with Crippen LogP contribution in [-0.4, -0.2) is 100 Å². The number of nitrogens with two attached hydrogens (primary N) is 2. The number of nitrogens with zero attached hydrogens (tertiary/aromatic N) is 3. The Morgan fingerprint density at radius 3 is 2.21 bits per heavy atom. The second-order valence-electron chi connectivity index (χ2n) is 18.9. The quantitative estimate of drug-likeness (QED) is 0.149. The van der Waals surface area contributed by atoms with E-state index in [9.17, 15) is 27.6 Å². The molecule has 0 unspecified atom stereocenters. The summed E-state index contributed by atoms with van der Waals surface area (Å²) in [7, 11) is -9.51. The normalized spacial score (nSPS) is 26.3. The number of nitrogens with one attached hydrogen (secondary N) is 1. The lowest BCUT2D eigenvalue weighted by Crippen LogP contribution is -2.59. The van der Waals surface area contributed by atoms with Crippen LogP contribution in [0.15, 0.2) is 26.9 Å². The molecule has 318 valence electrons. The number of hydrogen-bond acceptors (Lipinski definition) is 12. The predicted octanol–water partition coefficient (Wildman–Crippen LogP) is 3.01. The molecule has 2 amide bonds. The summed E-state index contributed by atoms with van der Waals surface area (Å²) in [4.78, 5) is 55.6. The van der Waals surface area contributed by atoms with E-state index in [4.69, 9.17) is 29.2 Å². The van der Waals surface area contributed by atoms with Crippen molar-refractivity contribution in [3.05, 3.63) is 43.7 Å². The van der Waals surface area contributed by atoms with Gasteiger partial charge in [0.05, 0.1) is 23.8 Å². The standard InChI is InChI=1S/C37H66N6O10SSi2/c1-23(2)28(39)32(46)41-18-14-16-25(41)30(44)40-17-15-19-42-31(45)24(3)20-43(34(42)47)33-29(52-56(12,13)36(7,8)9)37(26(38)22-54(48,49)53-37)27(51-33)21-50-55(10,11)35(4,5)6/h20,22-23,25,27-29,33H,14-19,21,38-39H2,1-13H3,(H,40,44)/t25-,27+,28-,29-,33+,37+/m0/s1. The van der Waals surface area contributed by atoms with Crippen LogP contribution in [0.4, 0.5) is 0 Å². The molecule has 4 rings (SSSR count). The first-order chi connectivity index (χ1) is 25.5. The number of ether oxygens (including phenoxy) is 1. The molecule has 3 aliphatic heterocycles. The lowest BCUT2D eigenvalue weighted by Gasteiger charge is -2.43. The minimum atomic E-state index is -4.29. The fraction of sp³-hybridized carbons (Fsp3) is 0.784. The summed E-state index contributed by atoms with van der Waals surface area (Å²) in [5.74, 6) is -0.659. The number of likely N-dealkylation sites (tertiary alicyclic amines) is 1. The van der Waals surface area contributed by atoms with E-state index < -0.39 is 74.1 Å². The second-order valence-corrected chi connectivity index (χ2v) is 29.8. The third kappa shape index (κ3) is 8.99. The zero-order valence-corrected chi connectivity index (χ0v) is 38.4. The molecule has 2 fully saturated rings. The lowest BCUT2D eigenvalue weighted by molar-refractivity contribution is -0.140. The Bertz CT molecular complexity index is 1920. The summed E-state index contributed by atoms with van der Waals surface area (Å²) < 4.78 is 54.8. The summed E-state index contributed by atoms with van der Waals surface area (Å²) in [5.41, 5.74) is 9.68. The summed E-state index contributed by atoms with van der Waals surface area (Å²) in [6, 6.07) is -1.35. The molecule has 1 aromatic heterocycles. The van der Waals surface area contributed by atoms with Crippen LogP contribution in [0.2, 0.25) is 36.3 Å². The first-order valence-corrected chi connectivity index (χ1v) is 26.8. The van der Waals surface area contributed by atoms with E-state index in [1.165, 1.54) is 15.7 Å². The minimum absolute atomic E-state index is 0.0540. The SMILES string of the molecule is Cc1cn([C@@H]2O[C@H](CO[Si](C)(C)C(C)(C)C)[C@@]3(OS(=O)(=O)C=C3N)[C@H]2O[Si](C)(C)C(C)(C)C)c(=O)n(CCCNC(=O)[C@@H]2CCCN2C(=O)[C@@H](N)C(C)C)c1=O. The van der Waals surface area contributed by atoms with E-state index in [-0.39, 0.29) is 65.2 Å². The Labute approximate surface area is 334 Å². The van der Waals surface area contributed by atoms with Crippen LogP contribution in [0.3, 0.4) is 0 Å². The number of aryl methyl sites for hydroxylation is 1. The smallest absolute Gasteiger partial charge is 0.333 e. The Balaban J connectivity index is 1.69. The zero-order valence-electron chi connectivity index (χ0n) is 35.6. The summed E-state index contributed by atoms with van der Waals surface area (Å²) >= 11 is 0. The number of amides is 2. The number of hydrogen-bond donors (Lipinski definition) is 3. The monoisotopic (exact) mass is 842 g/mol. The number of carbonyl (C=O) groups is 2. The summed E-state index contributed by atoms with van der Waals surface area (Å²) in [6.07, 6.45) is -0.846. The average Bonchev–Trinajstić information content (AvgIpc) is 3.73. The maximum atomic E-state index is 14.4. The molecule has 16 nitrogen and oxygen atoms in total. The molecule has 1 spiro atoms. The summed E-state index contributed by atoms with van der Waals surface area (Å²) in [6.45, 7) is 26.1. The van der Waals surface area contributed by atoms with Crippen LogP contribution in [0.5, 0.6) is 0 Å². The Morgan fingerprint density at radius 2 is 1.68 bits per heavy atom. The van der Waals surface area contributed by atoms with Gasteiger partial charge in [-0.2, -0.15) is 8.42 Å². The van der Waals surface area contributed by atoms with Gasteiger partial charge in [0.25, 0.3) is 15.7 Å². The van der Waals surface area contributed by atoms with E-state index in [1.54, 1.807) is 6.92 Å². The molecule has 0 aromatic carbocycles. The van der Waals surface area contributed by atoms with Gasteiger partial charge in [0.1, 0.15) is 18.2 Å². The van der Waals surface area contributed by atoms with Crippen molar-refractivity contribution in [3.63, 3.8) is 0 Å². The van der Waals surface area contributed by atoms with Gasteiger partial charge >= 0.3 is 5.69 Å². The molecule has 3 aliphatic rings. The van der Waals surface area contributed by atoms with Gasteiger partial charge in [-0.25, -0.2) is 8.98 Å². The molecule has 0 radical (unpaired) electrons. The minimum Gasteiger partial charge on any atom is -0.414 e. The van der Waals surface area contributed by atoms with Gasteiger partial charge in [-0.3, -0.25) is 23.5 Å². The van der Waals surface area contributed by atoms with Crippen molar-refractivity contribution >= 4 is 38.6 Å². The van der Waals surface area contributed by atoms with Gasteiger partial charge < -0.3 is 35.3 Å². The highest BCUT2D eigenvalue weighted by molar-refractivity contribution is 7.90. The van der Waals surface area contributed by atoms with Gasteiger partial charge in [0, 0.05) is 31.4 Å². The molecule has 4 heterocycles. The van der Waals surface area contributed by atoms with Crippen LogP contribution in [0.25, 0.3) is 0 Å². The van der Waals surface area contributed by atoms with E-state index in [1.807, 2.05) is 47.7 Å². The maximum absolute atomic E-state index is 14.4. The topological polar surface area (TPSA) is 217 Å². The Hall–Kier alpha value is -2.66. The highest BCUT2D eigenvalue weighted by Crippen LogP contribution is 2.52. The fourth-order valence-corrected chi connectivity index (χ4v) is 10.2. The summed E-state index contributed by atoms with van der Waals surface area (Å²) in [5, 5.41) is 3.17. The van der Waals surface area contributed by atoms with E-state index >= 15 is 0 Å². The van der Waals surface area contributed by atoms with Gasteiger partial charge in [-0.15, -0.1) is 0 Å². The van der Waals surface area contributed by atoms with Crippen molar-refractivity contribution in [3.8, 4) is 0 Å². The molecule has 0 bridgehead atoms. The molecule has 6 atom stereocenters. The molecule has 19 heteroatoms. The molecule has 2 saturated heterocycles. The molecule has 5 N–H and O–H groups in total. The average molecular weight is 843 g/mol. The lowest BCUT2D eigenvalue weighted by atomic mass is 9.89. The Morgan fingerprint density at radius 1 is 1.07 bits per heavy atom. The second kappa shape index (κ2) is 16.2. The van der Waals surface area contributed by atoms with Crippen molar-refractivity contribution in [1.82, 2.24) is 19.4 Å². The first kappa shape index (κ1) is 46.0. The van der Waals surface area contributed by atoms with Crippen LogP contribution >= 0.6 is 0 Å². The van der Waals surface area contributed by atoms with E-state index in [0.29, 0.717) is 19.4 Å². The first-order valence-electron chi connectivity index (χ1n) is 19.6. The molecular weight excluding hydrogens is 777 g/mol. The molecular formula is C37H66N6O10SSi2. The van der Waals surface area contributed by atoms with Crippen LogP contribution in [0, 0.1) is 12.8 Å². The van der Waals surface area contributed by atoms with Crippen LogP contribution in [-0.2, 0) is 44.0 Å².